The van der Waals surface area contributed by atoms with Gasteiger partial charge in [-0.2, -0.15) is 5.26 Å². The van der Waals surface area contributed by atoms with Crippen LogP contribution >= 0.6 is 0 Å². The van der Waals surface area contributed by atoms with E-state index < -0.39 is 0 Å². The van der Waals surface area contributed by atoms with Crippen LogP contribution in [0.25, 0.3) is 0 Å². The minimum Gasteiger partial charge on any atom is -0.493 e. The maximum Gasteiger partial charge on any atom is 0.253 e. The number of hydrogen-bond donors (Lipinski definition) is 0. The van der Waals surface area contributed by atoms with Crippen molar-refractivity contribution in [2.45, 2.75) is 51.7 Å². The van der Waals surface area contributed by atoms with Crippen LogP contribution in [0, 0.1) is 17.2 Å². The Morgan fingerprint density at radius 1 is 1.11 bits per heavy atom. The van der Waals surface area contributed by atoms with Crippen molar-refractivity contribution in [3.8, 4) is 17.6 Å². The first-order valence-corrected chi connectivity index (χ1v) is 10.3. The Morgan fingerprint density at radius 2 is 1.79 bits per heavy atom. The third-order valence-corrected chi connectivity index (χ3v) is 5.88. The highest BCUT2D eigenvalue weighted by Crippen LogP contribution is 2.32. The lowest BCUT2D eigenvalue weighted by Gasteiger charge is -2.34. The average Bonchev–Trinajstić information content (AvgIpc) is 2.73. The summed E-state index contributed by atoms with van der Waals surface area (Å²) in [7, 11) is 1.62. The maximum absolute atomic E-state index is 12.9. The van der Waals surface area contributed by atoms with E-state index in [2.05, 4.69) is 24.8 Å². The second-order valence-corrected chi connectivity index (χ2v) is 8.01. The Bertz CT molecular complexity index is 712. The van der Waals surface area contributed by atoms with Crippen molar-refractivity contribution in [3.05, 3.63) is 23.8 Å². The number of benzene rings is 1. The molecule has 1 aromatic rings. The summed E-state index contributed by atoms with van der Waals surface area (Å²) in [6.45, 7) is 7.76. The van der Waals surface area contributed by atoms with Crippen LogP contribution in [0.2, 0.25) is 0 Å². The molecular formula is C22H31N3O3. The van der Waals surface area contributed by atoms with Gasteiger partial charge < -0.3 is 19.3 Å². The number of nitrogens with zero attached hydrogens (tertiary/aromatic N) is 3. The minimum absolute atomic E-state index is 0.00137. The molecule has 1 aromatic carbocycles. The molecule has 0 bridgehead atoms. The Kier molecular flexibility index (Phi) is 6.79. The number of carbonyl (C=O) groups is 1. The molecule has 2 saturated heterocycles. The highest BCUT2D eigenvalue weighted by Gasteiger charge is 2.26. The van der Waals surface area contributed by atoms with E-state index in [1.807, 2.05) is 17.0 Å². The zero-order valence-electron chi connectivity index (χ0n) is 17.2. The standard InChI is InChI=1S/C22H31N3O3/c1-16(2)24-12-8-19(9-13-24)28-21-14-18(4-5-20(21)27-3)22(26)25-10-6-17(15-23)7-11-25/h4-5,14,16-17,19H,6-13H2,1-3H3. The molecule has 6 nitrogen and oxygen atoms in total. The van der Waals surface area contributed by atoms with Crippen LogP contribution in [0.5, 0.6) is 11.5 Å². The normalized spacial score (nSPS) is 19.5. The van der Waals surface area contributed by atoms with E-state index in [4.69, 9.17) is 14.7 Å². The quantitative estimate of drug-likeness (QED) is 0.778. The van der Waals surface area contributed by atoms with E-state index in [-0.39, 0.29) is 17.9 Å². The third kappa shape index (κ3) is 4.77. The van der Waals surface area contributed by atoms with E-state index in [1.165, 1.54) is 0 Å². The van der Waals surface area contributed by atoms with Gasteiger partial charge in [-0.25, -0.2) is 0 Å². The molecule has 0 unspecified atom stereocenters. The average molecular weight is 386 g/mol. The highest BCUT2D eigenvalue weighted by molar-refractivity contribution is 5.95. The van der Waals surface area contributed by atoms with Crippen molar-refractivity contribution in [2.24, 2.45) is 5.92 Å². The summed E-state index contributed by atoms with van der Waals surface area (Å²) < 4.78 is 11.7. The smallest absolute Gasteiger partial charge is 0.253 e. The molecule has 3 rings (SSSR count). The largest absolute Gasteiger partial charge is 0.493 e. The lowest BCUT2D eigenvalue weighted by atomic mass is 9.98. The van der Waals surface area contributed by atoms with Crippen molar-refractivity contribution in [3.63, 3.8) is 0 Å². The van der Waals surface area contributed by atoms with Gasteiger partial charge in [0.25, 0.3) is 5.91 Å². The zero-order chi connectivity index (χ0) is 20.1. The van der Waals surface area contributed by atoms with Crippen molar-refractivity contribution in [1.29, 1.82) is 5.26 Å². The van der Waals surface area contributed by atoms with Crippen LogP contribution in [0.1, 0.15) is 49.9 Å². The van der Waals surface area contributed by atoms with Gasteiger partial charge in [0.05, 0.1) is 13.2 Å². The summed E-state index contributed by atoms with van der Waals surface area (Å²) in [4.78, 5) is 17.2. The van der Waals surface area contributed by atoms with Gasteiger partial charge in [0.15, 0.2) is 11.5 Å². The molecule has 2 aliphatic heterocycles. The number of ether oxygens (including phenoxy) is 2. The number of carbonyl (C=O) groups excluding carboxylic acids is 1. The molecule has 0 N–H and O–H groups in total. The highest BCUT2D eigenvalue weighted by atomic mass is 16.5. The van der Waals surface area contributed by atoms with Gasteiger partial charge in [-0.3, -0.25) is 4.79 Å². The van der Waals surface area contributed by atoms with Gasteiger partial charge >= 0.3 is 0 Å². The Hall–Kier alpha value is -2.26. The van der Waals surface area contributed by atoms with E-state index in [0.29, 0.717) is 36.2 Å². The number of rotatable bonds is 5. The SMILES string of the molecule is COc1ccc(C(=O)N2CCC(C#N)CC2)cc1OC1CCN(C(C)C)CC1. The van der Waals surface area contributed by atoms with Crippen LogP contribution in [-0.2, 0) is 0 Å². The fourth-order valence-electron chi connectivity index (χ4n) is 3.99. The molecule has 0 spiro atoms. The molecular weight excluding hydrogens is 354 g/mol. The molecule has 1 amide bonds. The molecule has 152 valence electrons. The fraction of sp³-hybridized carbons (Fsp3) is 0.636. The van der Waals surface area contributed by atoms with Crippen LogP contribution in [0.4, 0.5) is 0 Å². The molecule has 28 heavy (non-hydrogen) atoms. The summed E-state index contributed by atoms with van der Waals surface area (Å²) >= 11 is 0. The van der Waals surface area contributed by atoms with Crippen LogP contribution in [0.3, 0.4) is 0 Å². The first-order chi connectivity index (χ1) is 13.5. The molecule has 0 saturated carbocycles. The second-order valence-electron chi connectivity index (χ2n) is 8.01. The maximum atomic E-state index is 12.9. The lowest BCUT2D eigenvalue weighted by Crippen LogP contribution is -2.41. The molecule has 0 aliphatic carbocycles. The summed E-state index contributed by atoms with van der Waals surface area (Å²) in [5.74, 6) is 1.36. The van der Waals surface area contributed by atoms with Crippen LogP contribution < -0.4 is 9.47 Å². The van der Waals surface area contributed by atoms with Gasteiger partial charge in [-0.1, -0.05) is 0 Å². The summed E-state index contributed by atoms with van der Waals surface area (Å²) in [5, 5.41) is 9.04. The third-order valence-electron chi connectivity index (χ3n) is 5.88. The van der Waals surface area contributed by atoms with Crippen LogP contribution in [-0.4, -0.2) is 61.1 Å². The van der Waals surface area contributed by atoms with Crippen molar-refractivity contribution in [1.82, 2.24) is 9.80 Å². The number of piperidine rings is 2. The second kappa shape index (κ2) is 9.29. The summed E-state index contributed by atoms with van der Waals surface area (Å²) in [6.07, 6.45) is 3.58. The van der Waals surface area contributed by atoms with Crippen molar-refractivity contribution in [2.75, 3.05) is 33.3 Å². The fourth-order valence-corrected chi connectivity index (χ4v) is 3.99. The predicted octanol–water partition coefficient (Wildman–Crippen LogP) is 3.32. The molecule has 0 aromatic heterocycles. The van der Waals surface area contributed by atoms with Crippen LogP contribution in [0.15, 0.2) is 18.2 Å². The molecule has 2 aliphatic rings. The Labute approximate surface area is 168 Å². The summed E-state index contributed by atoms with van der Waals surface area (Å²) in [5.41, 5.74) is 0.617. The number of hydrogen-bond acceptors (Lipinski definition) is 5. The number of likely N-dealkylation sites (tertiary alicyclic amines) is 2. The van der Waals surface area contributed by atoms with Gasteiger partial charge in [-0.15, -0.1) is 0 Å². The lowest BCUT2D eigenvalue weighted by molar-refractivity contribution is 0.0702. The Balaban J connectivity index is 1.67. The zero-order valence-corrected chi connectivity index (χ0v) is 17.2. The first kappa shape index (κ1) is 20.5. The number of amides is 1. The van der Waals surface area contributed by atoms with Crippen molar-refractivity contribution < 1.29 is 14.3 Å². The summed E-state index contributed by atoms with van der Waals surface area (Å²) in [6, 6.07) is 8.28. The van der Waals surface area contributed by atoms with Gasteiger partial charge in [0.1, 0.15) is 6.10 Å². The van der Waals surface area contributed by atoms with Gasteiger partial charge in [-0.05, 0) is 57.7 Å². The monoisotopic (exact) mass is 385 g/mol. The van der Waals surface area contributed by atoms with Crippen molar-refractivity contribution >= 4 is 5.91 Å². The molecule has 0 atom stereocenters. The predicted molar refractivity (Wildman–Crippen MR) is 108 cm³/mol. The van der Waals surface area contributed by atoms with E-state index in [9.17, 15) is 4.79 Å². The Morgan fingerprint density at radius 3 is 2.36 bits per heavy atom. The molecule has 6 heteroatoms. The van der Waals surface area contributed by atoms with E-state index >= 15 is 0 Å². The first-order valence-electron chi connectivity index (χ1n) is 10.3. The number of nitriles is 1. The van der Waals surface area contributed by atoms with E-state index in [1.54, 1.807) is 13.2 Å². The molecule has 2 fully saturated rings. The van der Waals surface area contributed by atoms with Gasteiger partial charge in [0, 0.05) is 43.7 Å². The molecule has 0 radical (unpaired) electrons. The number of methoxy groups -OCH3 is 1. The molecule has 2 heterocycles. The van der Waals surface area contributed by atoms with E-state index in [0.717, 1.165) is 38.8 Å². The minimum atomic E-state index is -0.00137. The van der Waals surface area contributed by atoms with Gasteiger partial charge in [0.2, 0.25) is 0 Å². The topological polar surface area (TPSA) is 65.8 Å².